The van der Waals surface area contributed by atoms with Crippen LogP contribution in [0, 0.1) is 0 Å². The van der Waals surface area contributed by atoms with Crippen LogP contribution in [0.1, 0.15) is 18.5 Å². The first kappa shape index (κ1) is 15.2. The highest BCUT2D eigenvalue weighted by Gasteiger charge is 2.24. The highest BCUT2D eigenvalue weighted by atomic mass is 16.6. The molecule has 4 rings (SSSR count). The first-order valence-corrected chi connectivity index (χ1v) is 8.47. The number of benzene rings is 1. The molecule has 0 spiro atoms. The minimum atomic E-state index is 0.347. The lowest BCUT2D eigenvalue weighted by Gasteiger charge is -2.38. The van der Waals surface area contributed by atoms with Crippen LogP contribution < -0.4 is 14.4 Å². The average Bonchev–Trinajstić information content (AvgIpc) is 2.68. The second kappa shape index (κ2) is 6.65. The molecule has 0 aliphatic carbocycles. The van der Waals surface area contributed by atoms with E-state index in [1.54, 1.807) is 12.4 Å². The number of piperazine rings is 1. The van der Waals surface area contributed by atoms with Crippen molar-refractivity contribution in [1.29, 1.82) is 0 Å². The average molecular weight is 326 g/mol. The molecule has 6 heteroatoms. The van der Waals surface area contributed by atoms with Crippen molar-refractivity contribution in [2.24, 2.45) is 0 Å². The van der Waals surface area contributed by atoms with E-state index in [-0.39, 0.29) is 0 Å². The molecule has 126 valence electrons. The zero-order valence-electron chi connectivity index (χ0n) is 13.9. The van der Waals surface area contributed by atoms with Crippen LogP contribution in [0.4, 0.5) is 5.95 Å². The number of anilines is 1. The van der Waals surface area contributed by atoms with E-state index in [1.165, 1.54) is 5.56 Å². The molecule has 0 saturated carbocycles. The topological polar surface area (TPSA) is 50.7 Å². The largest absolute Gasteiger partial charge is 0.486 e. The Labute approximate surface area is 142 Å². The van der Waals surface area contributed by atoms with Gasteiger partial charge in [-0.25, -0.2) is 9.97 Å². The van der Waals surface area contributed by atoms with E-state index in [0.717, 1.165) is 43.6 Å². The summed E-state index contributed by atoms with van der Waals surface area (Å²) in [4.78, 5) is 13.4. The van der Waals surface area contributed by atoms with Gasteiger partial charge >= 0.3 is 0 Å². The van der Waals surface area contributed by atoms with Crippen LogP contribution in [0.25, 0.3) is 0 Å². The Morgan fingerprint density at radius 1 is 0.958 bits per heavy atom. The SMILES string of the molecule is C[C@H](c1ccc2c(c1)OCCO2)N1CCN(c2ncccn2)CC1. The molecule has 3 heterocycles. The predicted octanol–water partition coefficient (Wildman–Crippen LogP) is 2.13. The van der Waals surface area contributed by atoms with Crippen LogP contribution in [0.15, 0.2) is 36.7 Å². The third-order valence-corrected chi connectivity index (χ3v) is 4.75. The van der Waals surface area contributed by atoms with Gasteiger partial charge in [-0.2, -0.15) is 0 Å². The van der Waals surface area contributed by atoms with Crippen LogP contribution in [-0.2, 0) is 0 Å². The lowest BCUT2D eigenvalue weighted by molar-refractivity contribution is 0.169. The minimum Gasteiger partial charge on any atom is -0.486 e. The molecule has 0 radical (unpaired) electrons. The summed E-state index contributed by atoms with van der Waals surface area (Å²) in [5.41, 5.74) is 1.27. The summed E-state index contributed by atoms with van der Waals surface area (Å²) in [5, 5.41) is 0. The smallest absolute Gasteiger partial charge is 0.225 e. The molecule has 0 unspecified atom stereocenters. The minimum absolute atomic E-state index is 0.347. The van der Waals surface area contributed by atoms with Gasteiger partial charge in [0.25, 0.3) is 0 Å². The summed E-state index contributed by atoms with van der Waals surface area (Å²) < 4.78 is 11.3. The zero-order valence-corrected chi connectivity index (χ0v) is 13.9. The number of hydrogen-bond donors (Lipinski definition) is 0. The van der Waals surface area contributed by atoms with Crippen molar-refractivity contribution in [2.45, 2.75) is 13.0 Å². The van der Waals surface area contributed by atoms with Crippen LogP contribution in [0.5, 0.6) is 11.5 Å². The van der Waals surface area contributed by atoms with Gasteiger partial charge in [0.2, 0.25) is 5.95 Å². The van der Waals surface area contributed by atoms with Gasteiger partial charge in [0.05, 0.1) is 0 Å². The first-order valence-electron chi connectivity index (χ1n) is 8.47. The molecule has 1 aromatic carbocycles. The molecule has 0 amide bonds. The van der Waals surface area contributed by atoms with Gasteiger partial charge in [-0.05, 0) is 30.7 Å². The van der Waals surface area contributed by atoms with E-state index >= 15 is 0 Å². The number of aromatic nitrogens is 2. The summed E-state index contributed by atoms with van der Waals surface area (Å²) in [7, 11) is 0. The standard InChI is InChI=1S/C18H22N4O2/c1-14(15-3-4-16-17(13-15)24-12-11-23-16)21-7-9-22(10-8-21)18-19-5-2-6-20-18/h2-6,13-14H,7-12H2,1H3/t14-/m1/s1. The molecule has 6 nitrogen and oxygen atoms in total. The van der Waals surface area contributed by atoms with E-state index in [1.807, 2.05) is 12.1 Å². The fourth-order valence-electron chi connectivity index (χ4n) is 3.29. The van der Waals surface area contributed by atoms with Gasteiger partial charge in [0.1, 0.15) is 13.2 Å². The molecule has 1 atom stereocenters. The predicted molar refractivity (Wildman–Crippen MR) is 91.7 cm³/mol. The van der Waals surface area contributed by atoms with Crippen LogP contribution in [0.2, 0.25) is 0 Å². The van der Waals surface area contributed by atoms with Gasteiger partial charge in [0.15, 0.2) is 11.5 Å². The Morgan fingerprint density at radius 3 is 2.42 bits per heavy atom. The molecule has 1 fully saturated rings. The van der Waals surface area contributed by atoms with Crippen molar-refractivity contribution in [3.05, 3.63) is 42.2 Å². The number of ether oxygens (including phenoxy) is 2. The van der Waals surface area contributed by atoms with Crippen molar-refractivity contribution in [1.82, 2.24) is 14.9 Å². The molecular formula is C18H22N4O2. The Bertz CT molecular complexity index is 687. The molecule has 1 saturated heterocycles. The maximum Gasteiger partial charge on any atom is 0.225 e. The molecule has 0 N–H and O–H groups in total. The summed E-state index contributed by atoms with van der Waals surface area (Å²) in [6.45, 7) is 7.38. The van der Waals surface area contributed by atoms with Gasteiger partial charge in [-0.3, -0.25) is 4.90 Å². The molecular weight excluding hydrogens is 304 g/mol. The van der Waals surface area contributed by atoms with Crippen molar-refractivity contribution in [3.63, 3.8) is 0 Å². The fourth-order valence-corrected chi connectivity index (χ4v) is 3.29. The first-order chi connectivity index (χ1) is 11.8. The third-order valence-electron chi connectivity index (χ3n) is 4.75. The van der Waals surface area contributed by atoms with Crippen molar-refractivity contribution in [3.8, 4) is 11.5 Å². The van der Waals surface area contributed by atoms with Gasteiger partial charge in [-0.15, -0.1) is 0 Å². The number of hydrogen-bond acceptors (Lipinski definition) is 6. The monoisotopic (exact) mass is 326 g/mol. The van der Waals surface area contributed by atoms with E-state index in [2.05, 4.69) is 38.8 Å². The Kier molecular flexibility index (Phi) is 4.21. The zero-order chi connectivity index (χ0) is 16.4. The Morgan fingerprint density at radius 2 is 1.67 bits per heavy atom. The summed E-state index contributed by atoms with van der Waals surface area (Å²) >= 11 is 0. The normalized spacial score (nSPS) is 19.1. The summed E-state index contributed by atoms with van der Waals surface area (Å²) in [6, 6.07) is 8.48. The number of fused-ring (bicyclic) bond motifs is 1. The second-order valence-corrected chi connectivity index (χ2v) is 6.15. The van der Waals surface area contributed by atoms with Crippen molar-refractivity contribution < 1.29 is 9.47 Å². The van der Waals surface area contributed by atoms with E-state index in [4.69, 9.17) is 9.47 Å². The summed E-state index contributed by atoms with van der Waals surface area (Å²) in [5.74, 6) is 2.54. The maximum atomic E-state index is 5.71. The van der Waals surface area contributed by atoms with Crippen LogP contribution in [-0.4, -0.2) is 54.3 Å². The van der Waals surface area contributed by atoms with Crippen molar-refractivity contribution >= 4 is 5.95 Å². The third kappa shape index (κ3) is 3.01. The van der Waals surface area contributed by atoms with Crippen molar-refractivity contribution in [2.75, 3.05) is 44.3 Å². The van der Waals surface area contributed by atoms with Gasteiger partial charge in [0, 0.05) is 44.6 Å². The molecule has 2 aromatic rings. The van der Waals surface area contributed by atoms with Gasteiger partial charge < -0.3 is 14.4 Å². The van der Waals surface area contributed by atoms with E-state index in [9.17, 15) is 0 Å². The molecule has 2 aliphatic heterocycles. The Balaban J connectivity index is 1.42. The number of rotatable bonds is 3. The van der Waals surface area contributed by atoms with Gasteiger partial charge in [-0.1, -0.05) is 6.07 Å². The van der Waals surface area contributed by atoms with E-state index < -0.39 is 0 Å². The molecule has 24 heavy (non-hydrogen) atoms. The highest BCUT2D eigenvalue weighted by molar-refractivity contribution is 5.44. The lowest BCUT2D eigenvalue weighted by Crippen LogP contribution is -2.47. The maximum absolute atomic E-state index is 5.71. The molecule has 2 aliphatic rings. The number of nitrogens with zero attached hydrogens (tertiary/aromatic N) is 4. The lowest BCUT2D eigenvalue weighted by atomic mass is 10.1. The molecule has 1 aromatic heterocycles. The molecule has 0 bridgehead atoms. The van der Waals surface area contributed by atoms with E-state index in [0.29, 0.717) is 19.3 Å². The Hall–Kier alpha value is -2.34. The summed E-state index contributed by atoms with van der Waals surface area (Å²) in [6.07, 6.45) is 3.60. The van der Waals surface area contributed by atoms with Crippen LogP contribution >= 0.6 is 0 Å². The van der Waals surface area contributed by atoms with Crippen LogP contribution in [0.3, 0.4) is 0 Å². The highest BCUT2D eigenvalue weighted by Crippen LogP contribution is 2.34. The quantitative estimate of drug-likeness (QED) is 0.861. The second-order valence-electron chi connectivity index (χ2n) is 6.15. The fraction of sp³-hybridized carbons (Fsp3) is 0.444.